The normalized spacial score (nSPS) is 15.7. The van der Waals surface area contributed by atoms with Crippen molar-refractivity contribution in [3.05, 3.63) is 24.5 Å². The third-order valence-corrected chi connectivity index (χ3v) is 3.42. The van der Waals surface area contributed by atoms with Crippen molar-refractivity contribution in [3.8, 4) is 5.75 Å². The molecule has 2 atom stereocenters. The summed E-state index contributed by atoms with van der Waals surface area (Å²) in [6.45, 7) is 8.08. The first kappa shape index (κ1) is 15.4. The number of ether oxygens (including phenoxy) is 1. The van der Waals surface area contributed by atoms with Gasteiger partial charge in [0.25, 0.3) is 5.91 Å². The van der Waals surface area contributed by atoms with Gasteiger partial charge in [-0.3, -0.25) is 9.78 Å². The van der Waals surface area contributed by atoms with E-state index < -0.39 is 11.6 Å². The van der Waals surface area contributed by atoms with E-state index in [2.05, 4.69) is 10.3 Å². The lowest BCUT2D eigenvalue weighted by Crippen LogP contribution is -2.57. The third kappa shape index (κ3) is 4.21. The Morgan fingerprint density at radius 2 is 2.21 bits per heavy atom. The topological polar surface area (TPSA) is 77.2 Å². The Labute approximate surface area is 114 Å². The number of carbonyl (C=O) groups excluding carboxylic acids is 1. The number of rotatable bonds is 6. The second-order valence-corrected chi connectivity index (χ2v) is 5.21. The molecular weight excluding hydrogens is 242 g/mol. The molecule has 0 spiro atoms. The van der Waals surface area contributed by atoms with Crippen LogP contribution in [0.15, 0.2) is 24.5 Å². The Morgan fingerprint density at radius 1 is 1.53 bits per heavy atom. The summed E-state index contributed by atoms with van der Waals surface area (Å²) in [5, 5.41) is 2.95. The monoisotopic (exact) mass is 265 g/mol. The fourth-order valence-corrected chi connectivity index (χ4v) is 1.49. The van der Waals surface area contributed by atoms with Gasteiger partial charge in [0, 0.05) is 12.7 Å². The Morgan fingerprint density at radius 3 is 2.68 bits per heavy atom. The fraction of sp³-hybridized carbons (Fsp3) is 0.571. The highest BCUT2D eigenvalue weighted by Crippen LogP contribution is 2.16. The van der Waals surface area contributed by atoms with E-state index in [4.69, 9.17) is 10.5 Å². The van der Waals surface area contributed by atoms with Crippen molar-refractivity contribution < 1.29 is 9.53 Å². The number of hydrogen-bond acceptors (Lipinski definition) is 4. The van der Waals surface area contributed by atoms with Gasteiger partial charge in [0.2, 0.25) is 0 Å². The van der Waals surface area contributed by atoms with Gasteiger partial charge in [-0.05, 0) is 31.9 Å². The Balaban J connectivity index is 2.63. The molecule has 0 saturated heterocycles. The molecule has 1 heterocycles. The third-order valence-electron chi connectivity index (χ3n) is 3.42. The molecule has 0 bridgehead atoms. The summed E-state index contributed by atoms with van der Waals surface area (Å²) in [5.41, 5.74) is 5.32. The van der Waals surface area contributed by atoms with Crippen molar-refractivity contribution in [1.29, 1.82) is 0 Å². The summed E-state index contributed by atoms with van der Waals surface area (Å²) >= 11 is 0. The van der Waals surface area contributed by atoms with Crippen molar-refractivity contribution in [3.63, 3.8) is 0 Å². The van der Waals surface area contributed by atoms with E-state index >= 15 is 0 Å². The number of nitrogens with one attached hydrogen (secondary N) is 1. The number of nitrogens with two attached hydrogens (primary N) is 1. The highest BCUT2D eigenvalue weighted by molar-refractivity contribution is 5.81. The van der Waals surface area contributed by atoms with Gasteiger partial charge < -0.3 is 15.8 Å². The van der Waals surface area contributed by atoms with Crippen LogP contribution in [0.5, 0.6) is 5.75 Å². The minimum Gasteiger partial charge on any atom is -0.479 e. The molecule has 106 valence electrons. The maximum atomic E-state index is 12.1. The molecule has 0 saturated carbocycles. The van der Waals surface area contributed by atoms with Crippen LogP contribution in [-0.4, -0.2) is 29.1 Å². The van der Waals surface area contributed by atoms with E-state index in [1.807, 2.05) is 20.8 Å². The second kappa shape index (κ2) is 6.52. The van der Waals surface area contributed by atoms with Crippen LogP contribution in [0.4, 0.5) is 0 Å². The number of aromatic nitrogens is 1. The zero-order valence-corrected chi connectivity index (χ0v) is 12.0. The molecule has 1 rings (SSSR count). The second-order valence-electron chi connectivity index (χ2n) is 5.21. The lowest BCUT2D eigenvalue weighted by Gasteiger charge is -2.34. The summed E-state index contributed by atoms with van der Waals surface area (Å²) in [5.74, 6) is 0.640. The Bertz CT molecular complexity index is 408. The van der Waals surface area contributed by atoms with Crippen LogP contribution in [0.25, 0.3) is 0 Å². The predicted octanol–water partition coefficient (Wildman–Crippen LogP) is 1.34. The van der Waals surface area contributed by atoms with Gasteiger partial charge in [-0.1, -0.05) is 13.8 Å². The molecule has 1 aromatic rings. The molecule has 0 aromatic carbocycles. The SMILES string of the molecule is CC(Oc1cccnc1)C(=O)NC(C)(CN)C(C)C. The zero-order chi connectivity index (χ0) is 14.5. The summed E-state index contributed by atoms with van der Waals surface area (Å²) in [4.78, 5) is 16.1. The highest BCUT2D eigenvalue weighted by atomic mass is 16.5. The largest absolute Gasteiger partial charge is 0.479 e. The maximum absolute atomic E-state index is 12.1. The van der Waals surface area contributed by atoms with Crippen molar-refractivity contribution in [2.45, 2.75) is 39.3 Å². The zero-order valence-electron chi connectivity index (χ0n) is 12.0. The maximum Gasteiger partial charge on any atom is 0.261 e. The van der Waals surface area contributed by atoms with Crippen molar-refractivity contribution in [1.82, 2.24) is 10.3 Å². The van der Waals surface area contributed by atoms with Gasteiger partial charge in [0.15, 0.2) is 6.10 Å². The molecular formula is C14H23N3O2. The average Bonchev–Trinajstić information content (AvgIpc) is 2.39. The molecule has 0 aliphatic rings. The van der Waals surface area contributed by atoms with Crippen LogP contribution >= 0.6 is 0 Å². The summed E-state index contributed by atoms with van der Waals surface area (Å²) in [6, 6.07) is 3.53. The van der Waals surface area contributed by atoms with Crippen molar-refractivity contribution in [2.24, 2.45) is 11.7 Å². The lowest BCUT2D eigenvalue weighted by atomic mass is 9.88. The van der Waals surface area contributed by atoms with E-state index in [1.54, 1.807) is 31.5 Å². The van der Waals surface area contributed by atoms with Crippen molar-refractivity contribution >= 4 is 5.91 Å². The molecule has 3 N–H and O–H groups in total. The van der Waals surface area contributed by atoms with E-state index in [0.29, 0.717) is 12.3 Å². The highest BCUT2D eigenvalue weighted by Gasteiger charge is 2.30. The molecule has 19 heavy (non-hydrogen) atoms. The molecule has 0 fully saturated rings. The summed E-state index contributed by atoms with van der Waals surface area (Å²) < 4.78 is 5.53. The van der Waals surface area contributed by atoms with Crippen molar-refractivity contribution in [2.75, 3.05) is 6.54 Å². The molecule has 1 aromatic heterocycles. The molecule has 0 aliphatic heterocycles. The van der Waals surface area contributed by atoms with Gasteiger partial charge in [-0.2, -0.15) is 0 Å². The van der Waals surface area contributed by atoms with Crippen LogP contribution in [0.2, 0.25) is 0 Å². The minimum absolute atomic E-state index is 0.175. The molecule has 2 unspecified atom stereocenters. The predicted molar refractivity (Wildman–Crippen MR) is 74.8 cm³/mol. The number of amides is 1. The number of hydrogen-bond donors (Lipinski definition) is 2. The lowest BCUT2D eigenvalue weighted by molar-refractivity contribution is -0.129. The van der Waals surface area contributed by atoms with Gasteiger partial charge in [0.05, 0.1) is 11.7 Å². The van der Waals surface area contributed by atoms with E-state index in [9.17, 15) is 4.79 Å². The number of carbonyl (C=O) groups is 1. The standard InChI is InChI=1S/C14H23N3O2/c1-10(2)14(4,9-15)17-13(18)11(3)19-12-6-5-7-16-8-12/h5-8,10-11H,9,15H2,1-4H3,(H,17,18). The van der Waals surface area contributed by atoms with E-state index in [-0.39, 0.29) is 11.8 Å². The van der Waals surface area contributed by atoms with Gasteiger partial charge in [0.1, 0.15) is 5.75 Å². The first-order valence-corrected chi connectivity index (χ1v) is 6.48. The van der Waals surface area contributed by atoms with E-state index in [0.717, 1.165) is 0 Å². The van der Waals surface area contributed by atoms with Crippen LogP contribution in [0, 0.1) is 5.92 Å². The molecule has 0 radical (unpaired) electrons. The Hall–Kier alpha value is -1.62. The van der Waals surface area contributed by atoms with Crippen LogP contribution < -0.4 is 15.8 Å². The van der Waals surface area contributed by atoms with Crippen LogP contribution in [0.3, 0.4) is 0 Å². The number of pyridine rings is 1. The average molecular weight is 265 g/mol. The molecule has 1 amide bonds. The minimum atomic E-state index is -0.589. The summed E-state index contributed by atoms with van der Waals surface area (Å²) in [6.07, 6.45) is 2.64. The Kier molecular flexibility index (Phi) is 5.30. The first-order chi connectivity index (χ1) is 8.89. The smallest absolute Gasteiger partial charge is 0.261 e. The van der Waals surface area contributed by atoms with Crippen LogP contribution in [-0.2, 0) is 4.79 Å². The molecule has 5 nitrogen and oxygen atoms in total. The summed E-state index contributed by atoms with van der Waals surface area (Å²) in [7, 11) is 0. The quantitative estimate of drug-likeness (QED) is 0.813. The number of nitrogens with zero attached hydrogens (tertiary/aromatic N) is 1. The fourth-order valence-electron chi connectivity index (χ4n) is 1.49. The van der Waals surface area contributed by atoms with Crippen LogP contribution in [0.1, 0.15) is 27.7 Å². The van der Waals surface area contributed by atoms with E-state index in [1.165, 1.54) is 0 Å². The molecule has 5 heteroatoms. The van der Waals surface area contributed by atoms with Gasteiger partial charge >= 0.3 is 0 Å². The van der Waals surface area contributed by atoms with Gasteiger partial charge in [-0.25, -0.2) is 0 Å². The van der Waals surface area contributed by atoms with Gasteiger partial charge in [-0.15, -0.1) is 0 Å². The molecule has 0 aliphatic carbocycles. The first-order valence-electron chi connectivity index (χ1n) is 6.48.